The molecule has 1 aromatic heterocycles. The summed E-state index contributed by atoms with van der Waals surface area (Å²) in [7, 11) is 0. The van der Waals surface area contributed by atoms with Crippen molar-refractivity contribution in [1.29, 1.82) is 5.41 Å². The average Bonchev–Trinajstić information content (AvgIpc) is 2.75. The van der Waals surface area contributed by atoms with Gasteiger partial charge in [0.1, 0.15) is 22.2 Å². The van der Waals surface area contributed by atoms with Crippen LogP contribution < -0.4 is 32.6 Å². The second-order valence-electron chi connectivity index (χ2n) is 6.69. The van der Waals surface area contributed by atoms with Crippen molar-refractivity contribution in [3.8, 4) is 5.75 Å². The Hall–Kier alpha value is -2.71. The van der Waals surface area contributed by atoms with Crippen LogP contribution in [0.1, 0.15) is 28.9 Å². The van der Waals surface area contributed by atoms with E-state index in [4.69, 9.17) is 27.3 Å². The van der Waals surface area contributed by atoms with Crippen LogP contribution in [0.3, 0.4) is 0 Å². The van der Waals surface area contributed by atoms with Crippen molar-refractivity contribution < 1.29 is 14.6 Å². The topological polar surface area (TPSA) is 198 Å². The van der Waals surface area contributed by atoms with Gasteiger partial charge in [-0.15, -0.1) is 0 Å². The summed E-state index contributed by atoms with van der Waals surface area (Å²) < 4.78 is 5.81. The van der Waals surface area contributed by atoms with Crippen LogP contribution in [0.25, 0.3) is 0 Å². The summed E-state index contributed by atoms with van der Waals surface area (Å²) in [5.74, 6) is -0.0188. The number of carbonyl (C=O) groups excluding carboxylic acids is 1. The molecule has 2 aromatic rings. The Bertz CT molecular complexity index is 894. The molecule has 0 aliphatic carbocycles. The van der Waals surface area contributed by atoms with Crippen LogP contribution in [0, 0.1) is 9.11 Å². The number of halogens is 1. The summed E-state index contributed by atoms with van der Waals surface area (Å²) in [6.45, 7) is 0.856. The minimum Gasteiger partial charge on any atom is -0.491 e. The Morgan fingerprint density at radius 3 is 2.58 bits per heavy atom. The summed E-state index contributed by atoms with van der Waals surface area (Å²) >= 11 is 1.85. The Morgan fingerprint density at radius 2 is 1.90 bits per heavy atom. The van der Waals surface area contributed by atoms with Gasteiger partial charge in [-0.05, 0) is 59.5 Å². The van der Waals surface area contributed by atoms with Crippen LogP contribution in [-0.4, -0.2) is 52.7 Å². The van der Waals surface area contributed by atoms with Gasteiger partial charge in [0.25, 0.3) is 5.91 Å². The molecule has 1 aromatic carbocycles. The second-order valence-corrected chi connectivity index (χ2v) is 7.71. The quantitative estimate of drug-likeness (QED) is 0.0950. The number of benzene rings is 1. The van der Waals surface area contributed by atoms with Crippen LogP contribution in [0.2, 0.25) is 0 Å². The molecule has 0 spiro atoms. The third-order valence-corrected chi connectivity index (χ3v) is 4.98. The molecule has 0 aliphatic heterocycles. The standard InChI is InChI=1S/C19H27IN8O3/c20-15-17(23)27-16(22)14(26-15)18(30)28-19(24)25-8-2-1-3-11-4-6-13(7-5-11)31-10-12(29)9-21/h4-7,12,29H,1-3,8-10,21H2,(H4,22,23,27)(H3,24,25,28,30). The number of carbonyl (C=O) groups is 1. The molecule has 0 saturated heterocycles. The number of rotatable bonds is 10. The zero-order valence-electron chi connectivity index (χ0n) is 16.9. The van der Waals surface area contributed by atoms with E-state index in [0.717, 1.165) is 24.8 Å². The van der Waals surface area contributed by atoms with Gasteiger partial charge in [-0.25, -0.2) is 9.97 Å². The Labute approximate surface area is 193 Å². The first-order valence-electron chi connectivity index (χ1n) is 9.62. The lowest BCUT2D eigenvalue weighted by molar-refractivity contribution is 0.0971. The maximum absolute atomic E-state index is 12.2. The molecule has 12 heteroatoms. The summed E-state index contributed by atoms with van der Waals surface area (Å²) in [4.78, 5) is 20.1. The van der Waals surface area contributed by atoms with E-state index in [-0.39, 0.29) is 36.4 Å². The Kier molecular flexibility index (Phi) is 9.68. The van der Waals surface area contributed by atoms with Crippen molar-refractivity contribution in [3.63, 3.8) is 0 Å². The van der Waals surface area contributed by atoms with Gasteiger partial charge < -0.3 is 32.4 Å². The predicted octanol–water partition coefficient (Wildman–Crippen LogP) is 0.221. The van der Waals surface area contributed by atoms with Crippen molar-refractivity contribution in [2.75, 3.05) is 31.2 Å². The number of unbranched alkanes of at least 4 members (excludes halogenated alkanes) is 1. The van der Waals surface area contributed by atoms with E-state index in [1.165, 1.54) is 0 Å². The summed E-state index contributed by atoms with van der Waals surface area (Å²) in [6, 6.07) is 7.66. The van der Waals surface area contributed by atoms with E-state index >= 15 is 0 Å². The number of hydrogen-bond acceptors (Lipinski definition) is 9. The van der Waals surface area contributed by atoms with Crippen molar-refractivity contribution in [2.45, 2.75) is 25.4 Å². The fraction of sp³-hybridized carbons (Fsp3) is 0.368. The van der Waals surface area contributed by atoms with E-state index in [0.29, 0.717) is 16.0 Å². The number of guanidine groups is 1. The highest BCUT2D eigenvalue weighted by Gasteiger charge is 2.16. The molecule has 0 aliphatic rings. The SMILES string of the molecule is N=C(NCCCCc1ccc(OCC(O)CN)cc1)NC(=O)c1nc(I)c(N)nc1N. The van der Waals surface area contributed by atoms with E-state index < -0.39 is 12.0 Å². The number of nitrogens with one attached hydrogen (secondary N) is 3. The van der Waals surface area contributed by atoms with Crippen LogP contribution in [0.15, 0.2) is 24.3 Å². The lowest BCUT2D eigenvalue weighted by atomic mass is 10.1. The van der Waals surface area contributed by atoms with E-state index in [1.807, 2.05) is 46.9 Å². The molecule has 0 radical (unpaired) electrons. The van der Waals surface area contributed by atoms with Gasteiger partial charge in [0.2, 0.25) is 0 Å². The Balaban J connectivity index is 1.67. The number of amides is 1. The molecule has 11 nitrogen and oxygen atoms in total. The third-order valence-electron chi connectivity index (χ3n) is 4.19. The largest absolute Gasteiger partial charge is 0.491 e. The summed E-state index contributed by atoms with van der Waals surface area (Å²) in [6.07, 6.45) is 1.90. The molecule has 1 atom stereocenters. The number of aliphatic hydroxyl groups excluding tert-OH is 1. The smallest absolute Gasteiger partial charge is 0.280 e. The molecule has 0 fully saturated rings. The minimum atomic E-state index is -0.670. The fourth-order valence-corrected chi connectivity index (χ4v) is 2.87. The van der Waals surface area contributed by atoms with Crippen molar-refractivity contribution >= 4 is 46.1 Å². The van der Waals surface area contributed by atoms with Crippen molar-refractivity contribution in [1.82, 2.24) is 20.6 Å². The maximum Gasteiger partial charge on any atom is 0.280 e. The predicted molar refractivity (Wildman–Crippen MR) is 127 cm³/mol. The molecular weight excluding hydrogens is 515 g/mol. The number of nitrogens with zero attached hydrogens (tertiary/aromatic N) is 2. The van der Waals surface area contributed by atoms with E-state index in [1.54, 1.807) is 0 Å². The Morgan fingerprint density at radius 1 is 1.19 bits per heavy atom. The number of nitrogen functional groups attached to an aromatic ring is 2. The molecule has 2 rings (SSSR count). The van der Waals surface area contributed by atoms with Gasteiger partial charge in [-0.2, -0.15) is 0 Å². The lowest BCUT2D eigenvalue weighted by Crippen LogP contribution is -2.41. The van der Waals surface area contributed by atoms with E-state index in [2.05, 4.69) is 20.6 Å². The second kappa shape index (κ2) is 12.2. The van der Waals surface area contributed by atoms with Gasteiger partial charge >= 0.3 is 0 Å². The number of ether oxygens (including phenoxy) is 1. The average molecular weight is 542 g/mol. The minimum absolute atomic E-state index is 0.0740. The highest BCUT2D eigenvalue weighted by atomic mass is 127. The van der Waals surface area contributed by atoms with Gasteiger partial charge in [0.05, 0.1) is 0 Å². The molecule has 1 amide bonds. The lowest BCUT2D eigenvalue weighted by Gasteiger charge is -2.11. The summed E-state index contributed by atoms with van der Waals surface area (Å²) in [5, 5.41) is 22.5. The number of hydrogen-bond donors (Lipinski definition) is 7. The number of aromatic nitrogens is 2. The van der Waals surface area contributed by atoms with Gasteiger partial charge in [-0.1, -0.05) is 12.1 Å². The van der Waals surface area contributed by atoms with Crippen LogP contribution in [0.5, 0.6) is 5.75 Å². The highest BCUT2D eigenvalue weighted by molar-refractivity contribution is 14.1. The monoisotopic (exact) mass is 542 g/mol. The zero-order valence-corrected chi connectivity index (χ0v) is 19.1. The van der Waals surface area contributed by atoms with Gasteiger partial charge in [0.15, 0.2) is 23.3 Å². The number of nitrogens with two attached hydrogens (primary N) is 3. The van der Waals surface area contributed by atoms with Crippen LogP contribution in [0.4, 0.5) is 11.6 Å². The molecule has 10 N–H and O–H groups in total. The van der Waals surface area contributed by atoms with Gasteiger partial charge in [-0.3, -0.25) is 15.5 Å². The first-order chi connectivity index (χ1) is 14.8. The van der Waals surface area contributed by atoms with E-state index in [9.17, 15) is 9.90 Å². The summed E-state index contributed by atoms with van der Waals surface area (Å²) in [5.41, 5.74) is 17.7. The van der Waals surface area contributed by atoms with Crippen molar-refractivity contribution in [3.05, 3.63) is 39.2 Å². The normalized spacial score (nSPS) is 11.6. The molecule has 0 bridgehead atoms. The first-order valence-corrected chi connectivity index (χ1v) is 10.7. The number of aryl methyl sites for hydroxylation is 1. The zero-order chi connectivity index (χ0) is 22.8. The number of anilines is 2. The van der Waals surface area contributed by atoms with Crippen LogP contribution >= 0.6 is 22.6 Å². The number of aliphatic hydroxyl groups is 1. The van der Waals surface area contributed by atoms with Crippen LogP contribution in [-0.2, 0) is 6.42 Å². The first kappa shape index (κ1) is 24.6. The third kappa shape index (κ3) is 8.15. The molecule has 0 saturated carbocycles. The molecule has 168 valence electrons. The molecule has 1 unspecified atom stereocenters. The maximum atomic E-state index is 12.2. The highest BCUT2D eigenvalue weighted by Crippen LogP contribution is 2.15. The molecule has 31 heavy (non-hydrogen) atoms. The molecule has 1 heterocycles. The molecular formula is C19H27IN8O3. The van der Waals surface area contributed by atoms with Crippen molar-refractivity contribution in [2.24, 2.45) is 5.73 Å². The fourth-order valence-electron chi connectivity index (χ4n) is 2.51. The van der Waals surface area contributed by atoms with Gasteiger partial charge in [0, 0.05) is 13.1 Å².